The van der Waals surface area contributed by atoms with Gasteiger partial charge in [0, 0.05) is 12.1 Å². The smallest absolute Gasteiger partial charge is 0.0942 e. The summed E-state index contributed by atoms with van der Waals surface area (Å²) in [6.07, 6.45) is 5.86. The fourth-order valence-corrected chi connectivity index (χ4v) is 3.56. The van der Waals surface area contributed by atoms with Gasteiger partial charge in [0.1, 0.15) is 0 Å². The van der Waals surface area contributed by atoms with Crippen molar-refractivity contribution in [3.63, 3.8) is 0 Å². The molecular weight excluding hydrogens is 258 g/mol. The van der Waals surface area contributed by atoms with E-state index in [1.807, 2.05) is 0 Å². The molecule has 118 valence electrons. The van der Waals surface area contributed by atoms with E-state index in [0.717, 1.165) is 17.9 Å². The fourth-order valence-electron chi connectivity index (χ4n) is 3.56. The molecule has 0 aliphatic heterocycles. The summed E-state index contributed by atoms with van der Waals surface area (Å²) in [6.45, 7) is 6.66. The molecule has 0 saturated heterocycles. The van der Waals surface area contributed by atoms with Crippen molar-refractivity contribution in [2.45, 2.75) is 71.1 Å². The van der Waals surface area contributed by atoms with Gasteiger partial charge in [0.05, 0.1) is 6.10 Å². The van der Waals surface area contributed by atoms with Crippen molar-refractivity contribution in [2.75, 3.05) is 7.05 Å². The Balaban J connectivity index is 2.01. The molecule has 0 bridgehead atoms. The highest BCUT2D eigenvalue weighted by molar-refractivity contribution is 5.25. The van der Waals surface area contributed by atoms with Crippen molar-refractivity contribution >= 4 is 0 Å². The number of benzene rings is 1. The normalized spacial score (nSPS) is 25.8. The average molecular weight is 289 g/mol. The minimum atomic E-state index is -0.405. The second-order valence-corrected chi connectivity index (χ2v) is 6.87. The van der Waals surface area contributed by atoms with Gasteiger partial charge in [-0.15, -0.1) is 0 Å². The number of aliphatic hydroxyl groups is 1. The Morgan fingerprint density at radius 1 is 1.24 bits per heavy atom. The van der Waals surface area contributed by atoms with Crippen molar-refractivity contribution < 1.29 is 5.11 Å². The lowest BCUT2D eigenvalue weighted by molar-refractivity contribution is 0.0327. The minimum Gasteiger partial charge on any atom is -0.387 e. The molecule has 1 saturated carbocycles. The molecule has 0 heterocycles. The van der Waals surface area contributed by atoms with Crippen LogP contribution >= 0.6 is 0 Å². The molecule has 2 heteroatoms. The first-order valence-electron chi connectivity index (χ1n) is 8.51. The molecule has 1 aromatic carbocycles. The number of hydrogen-bond acceptors (Lipinski definition) is 2. The standard InChI is InChI=1S/C19H31NO/c1-5-16-9-11-17(12-10-16)19(21)15(3)20(4)18-8-6-7-14(2)13-18/h9-12,14-15,18-19,21H,5-8,13H2,1-4H3. The van der Waals surface area contributed by atoms with Gasteiger partial charge >= 0.3 is 0 Å². The Kier molecular flexibility index (Phi) is 5.83. The molecule has 0 spiro atoms. The Hall–Kier alpha value is -0.860. The number of nitrogens with zero attached hydrogens (tertiary/aromatic N) is 1. The fraction of sp³-hybridized carbons (Fsp3) is 0.684. The minimum absolute atomic E-state index is 0.160. The zero-order valence-electron chi connectivity index (χ0n) is 14.0. The molecule has 4 unspecified atom stereocenters. The molecule has 1 N–H and O–H groups in total. The summed E-state index contributed by atoms with van der Waals surface area (Å²) in [5, 5.41) is 10.7. The average Bonchev–Trinajstić information content (AvgIpc) is 2.53. The van der Waals surface area contributed by atoms with Crippen LogP contribution in [0.5, 0.6) is 0 Å². The molecule has 21 heavy (non-hydrogen) atoms. The lowest BCUT2D eigenvalue weighted by Crippen LogP contribution is -2.43. The third kappa shape index (κ3) is 4.08. The summed E-state index contributed by atoms with van der Waals surface area (Å²) < 4.78 is 0. The van der Waals surface area contributed by atoms with E-state index in [0.29, 0.717) is 6.04 Å². The topological polar surface area (TPSA) is 23.5 Å². The van der Waals surface area contributed by atoms with E-state index < -0.39 is 6.10 Å². The van der Waals surface area contributed by atoms with Crippen LogP contribution in [0.25, 0.3) is 0 Å². The van der Waals surface area contributed by atoms with Crippen LogP contribution in [0.15, 0.2) is 24.3 Å². The number of hydrogen-bond donors (Lipinski definition) is 1. The molecular formula is C19H31NO. The maximum atomic E-state index is 10.7. The highest BCUT2D eigenvalue weighted by Gasteiger charge is 2.28. The first kappa shape index (κ1) is 16.5. The van der Waals surface area contributed by atoms with Crippen LogP contribution < -0.4 is 0 Å². The summed E-state index contributed by atoms with van der Waals surface area (Å²) in [6, 6.07) is 9.21. The Morgan fingerprint density at radius 3 is 2.48 bits per heavy atom. The summed E-state index contributed by atoms with van der Waals surface area (Å²) in [5.41, 5.74) is 2.36. The molecule has 4 atom stereocenters. The van der Waals surface area contributed by atoms with Crippen molar-refractivity contribution in [3.8, 4) is 0 Å². The molecule has 1 fully saturated rings. The van der Waals surface area contributed by atoms with Crippen LogP contribution in [-0.4, -0.2) is 29.1 Å². The first-order chi connectivity index (χ1) is 10.0. The Bertz CT molecular complexity index is 428. The van der Waals surface area contributed by atoms with Gasteiger partial charge in [-0.3, -0.25) is 4.90 Å². The van der Waals surface area contributed by atoms with E-state index in [1.165, 1.54) is 31.2 Å². The van der Waals surface area contributed by atoms with Gasteiger partial charge in [0.2, 0.25) is 0 Å². The third-order valence-corrected chi connectivity index (χ3v) is 5.31. The SMILES string of the molecule is CCc1ccc(C(O)C(C)N(C)C2CCCC(C)C2)cc1. The van der Waals surface area contributed by atoms with E-state index in [9.17, 15) is 5.11 Å². The van der Waals surface area contributed by atoms with Crippen LogP contribution in [0.2, 0.25) is 0 Å². The predicted molar refractivity (Wildman–Crippen MR) is 89.4 cm³/mol. The van der Waals surface area contributed by atoms with E-state index in [-0.39, 0.29) is 6.04 Å². The van der Waals surface area contributed by atoms with Crippen LogP contribution in [0.3, 0.4) is 0 Å². The first-order valence-corrected chi connectivity index (χ1v) is 8.51. The predicted octanol–water partition coefficient (Wildman–Crippen LogP) is 4.18. The molecule has 0 radical (unpaired) electrons. The van der Waals surface area contributed by atoms with Crippen molar-refractivity contribution in [1.29, 1.82) is 0 Å². The van der Waals surface area contributed by atoms with Crippen molar-refractivity contribution in [3.05, 3.63) is 35.4 Å². The summed E-state index contributed by atoms with van der Waals surface area (Å²) in [4.78, 5) is 2.40. The summed E-state index contributed by atoms with van der Waals surface area (Å²) in [7, 11) is 2.18. The lowest BCUT2D eigenvalue weighted by atomic mass is 9.85. The summed E-state index contributed by atoms with van der Waals surface area (Å²) >= 11 is 0. The Labute approximate surface area is 130 Å². The zero-order chi connectivity index (χ0) is 15.4. The monoisotopic (exact) mass is 289 g/mol. The van der Waals surface area contributed by atoms with E-state index in [2.05, 4.69) is 57.0 Å². The molecule has 1 aliphatic rings. The van der Waals surface area contributed by atoms with Crippen LogP contribution in [0.1, 0.15) is 63.7 Å². The molecule has 2 rings (SSSR count). The molecule has 1 aromatic rings. The van der Waals surface area contributed by atoms with Crippen LogP contribution in [0, 0.1) is 5.92 Å². The third-order valence-electron chi connectivity index (χ3n) is 5.31. The number of aryl methyl sites for hydroxylation is 1. The molecule has 0 amide bonds. The van der Waals surface area contributed by atoms with Gasteiger partial charge in [0.15, 0.2) is 0 Å². The van der Waals surface area contributed by atoms with Gasteiger partial charge in [-0.05, 0) is 50.3 Å². The number of likely N-dealkylation sites (N-methyl/N-ethyl adjacent to an activating group) is 1. The summed E-state index contributed by atoms with van der Waals surface area (Å²) in [5.74, 6) is 0.819. The van der Waals surface area contributed by atoms with Crippen molar-refractivity contribution in [1.82, 2.24) is 4.90 Å². The van der Waals surface area contributed by atoms with Gasteiger partial charge in [0.25, 0.3) is 0 Å². The Morgan fingerprint density at radius 2 is 1.90 bits per heavy atom. The van der Waals surface area contributed by atoms with Gasteiger partial charge in [-0.1, -0.05) is 51.0 Å². The quantitative estimate of drug-likeness (QED) is 0.879. The van der Waals surface area contributed by atoms with Gasteiger partial charge in [-0.25, -0.2) is 0 Å². The molecule has 1 aliphatic carbocycles. The molecule has 0 aromatic heterocycles. The second-order valence-electron chi connectivity index (χ2n) is 6.87. The van der Waals surface area contributed by atoms with Gasteiger partial charge in [-0.2, -0.15) is 0 Å². The van der Waals surface area contributed by atoms with Gasteiger partial charge < -0.3 is 5.11 Å². The maximum absolute atomic E-state index is 10.7. The molecule has 2 nitrogen and oxygen atoms in total. The number of aliphatic hydroxyl groups excluding tert-OH is 1. The zero-order valence-corrected chi connectivity index (χ0v) is 14.0. The van der Waals surface area contributed by atoms with Crippen molar-refractivity contribution in [2.24, 2.45) is 5.92 Å². The van der Waals surface area contributed by atoms with Crippen LogP contribution in [-0.2, 0) is 6.42 Å². The van der Waals surface area contributed by atoms with Crippen LogP contribution in [0.4, 0.5) is 0 Å². The maximum Gasteiger partial charge on any atom is 0.0942 e. The second kappa shape index (κ2) is 7.42. The highest BCUT2D eigenvalue weighted by atomic mass is 16.3. The van der Waals surface area contributed by atoms with E-state index >= 15 is 0 Å². The lowest BCUT2D eigenvalue weighted by Gasteiger charge is -2.39. The largest absolute Gasteiger partial charge is 0.387 e. The highest BCUT2D eigenvalue weighted by Crippen LogP contribution is 2.30. The van der Waals surface area contributed by atoms with E-state index in [4.69, 9.17) is 0 Å². The number of rotatable bonds is 5. The van der Waals surface area contributed by atoms with E-state index in [1.54, 1.807) is 0 Å².